The number of nitrogens with two attached hydrogens (primary N) is 1. The number of pyridine rings is 1. The SMILES string of the molecule is NNc1cc(NC2C3C4CCC(C4)C23)ccn1. The van der Waals surface area contributed by atoms with Gasteiger partial charge in [0, 0.05) is 24.0 Å². The maximum atomic E-state index is 5.37. The Hall–Kier alpha value is -1.29. The van der Waals surface area contributed by atoms with Gasteiger partial charge in [0.2, 0.25) is 0 Å². The van der Waals surface area contributed by atoms with Crippen molar-refractivity contribution < 1.29 is 0 Å². The number of hydrazine groups is 1. The lowest BCUT2D eigenvalue weighted by Crippen LogP contribution is -2.13. The van der Waals surface area contributed by atoms with Crippen molar-refractivity contribution in [2.75, 3.05) is 10.7 Å². The van der Waals surface area contributed by atoms with Crippen molar-refractivity contribution in [1.29, 1.82) is 0 Å². The molecule has 0 aromatic carbocycles. The highest BCUT2D eigenvalue weighted by molar-refractivity contribution is 5.53. The van der Waals surface area contributed by atoms with Gasteiger partial charge in [-0.1, -0.05) is 0 Å². The number of hydrogen-bond donors (Lipinski definition) is 3. The fourth-order valence-corrected chi connectivity index (χ4v) is 4.31. The van der Waals surface area contributed by atoms with Crippen molar-refractivity contribution in [2.24, 2.45) is 29.5 Å². The Balaban J connectivity index is 1.49. The molecule has 4 atom stereocenters. The maximum absolute atomic E-state index is 5.37. The summed E-state index contributed by atoms with van der Waals surface area (Å²) in [5, 5.41) is 3.66. The third-order valence-corrected chi connectivity index (χ3v) is 4.98. The minimum absolute atomic E-state index is 0.717. The van der Waals surface area contributed by atoms with Gasteiger partial charge in [0.15, 0.2) is 0 Å². The van der Waals surface area contributed by atoms with Gasteiger partial charge in [-0.2, -0.15) is 0 Å². The van der Waals surface area contributed by atoms with E-state index in [1.807, 2.05) is 12.1 Å². The molecule has 0 amide bonds. The molecule has 3 aliphatic rings. The quantitative estimate of drug-likeness (QED) is 0.547. The molecule has 1 aromatic rings. The average Bonchev–Trinajstić information content (AvgIpc) is 2.76. The van der Waals surface area contributed by atoms with Crippen molar-refractivity contribution in [3.8, 4) is 0 Å². The molecule has 4 rings (SSSR count). The molecule has 1 heterocycles. The minimum Gasteiger partial charge on any atom is -0.382 e. The Morgan fingerprint density at radius 1 is 1.24 bits per heavy atom. The van der Waals surface area contributed by atoms with Crippen LogP contribution >= 0.6 is 0 Å². The molecule has 4 unspecified atom stereocenters. The zero-order chi connectivity index (χ0) is 11.4. The average molecular weight is 230 g/mol. The lowest BCUT2D eigenvalue weighted by molar-refractivity contribution is 0.456. The van der Waals surface area contributed by atoms with Crippen molar-refractivity contribution in [2.45, 2.75) is 25.3 Å². The lowest BCUT2D eigenvalue weighted by Gasteiger charge is -2.12. The van der Waals surface area contributed by atoms with Crippen molar-refractivity contribution in [1.82, 2.24) is 4.98 Å². The highest BCUT2D eigenvalue weighted by Crippen LogP contribution is 2.66. The van der Waals surface area contributed by atoms with Crippen LogP contribution in [0.4, 0.5) is 11.5 Å². The van der Waals surface area contributed by atoms with Gasteiger partial charge < -0.3 is 10.7 Å². The fraction of sp³-hybridized carbons (Fsp3) is 0.615. The number of anilines is 2. The summed E-state index contributed by atoms with van der Waals surface area (Å²) in [5.41, 5.74) is 3.74. The van der Waals surface area contributed by atoms with Gasteiger partial charge in [-0.3, -0.25) is 0 Å². The molecule has 0 saturated heterocycles. The molecule has 90 valence electrons. The lowest BCUT2D eigenvalue weighted by atomic mass is 10.0. The third kappa shape index (κ3) is 1.37. The smallest absolute Gasteiger partial charge is 0.141 e. The molecular formula is C13H18N4. The Bertz CT molecular complexity index is 431. The van der Waals surface area contributed by atoms with Gasteiger partial charge in [-0.05, 0) is 49.0 Å². The zero-order valence-electron chi connectivity index (χ0n) is 9.76. The van der Waals surface area contributed by atoms with E-state index in [0.717, 1.165) is 35.2 Å². The summed E-state index contributed by atoms with van der Waals surface area (Å²) in [5.74, 6) is 10.0. The third-order valence-electron chi connectivity index (χ3n) is 4.98. The Morgan fingerprint density at radius 3 is 2.71 bits per heavy atom. The number of nitrogens with one attached hydrogen (secondary N) is 2. The van der Waals surface area contributed by atoms with Crippen LogP contribution in [0.1, 0.15) is 19.3 Å². The van der Waals surface area contributed by atoms with E-state index in [1.165, 1.54) is 19.3 Å². The van der Waals surface area contributed by atoms with Gasteiger partial charge in [-0.25, -0.2) is 10.8 Å². The molecule has 4 N–H and O–H groups in total. The van der Waals surface area contributed by atoms with Crippen LogP contribution in [0.5, 0.6) is 0 Å². The van der Waals surface area contributed by atoms with E-state index in [-0.39, 0.29) is 0 Å². The van der Waals surface area contributed by atoms with Crippen LogP contribution in [0.3, 0.4) is 0 Å². The van der Waals surface area contributed by atoms with E-state index < -0.39 is 0 Å². The molecule has 0 aliphatic heterocycles. The second-order valence-corrected chi connectivity index (χ2v) is 5.73. The summed E-state index contributed by atoms with van der Waals surface area (Å²) in [4.78, 5) is 4.12. The largest absolute Gasteiger partial charge is 0.382 e. The predicted molar refractivity (Wildman–Crippen MR) is 67.3 cm³/mol. The van der Waals surface area contributed by atoms with E-state index in [2.05, 4.69) is 15.7 Å². The van der Waals surface area contributed by atoms with Gasteiger partial charge in [-0.15, -0.1) is 0 Å². The van der Waals surface area contributed by atoms with E-state index in [1.54, 1.807) is 6.20 Å². The maximum Gasteiger partial charge on any atom is 0.141 e. The fourth-order valence-electron chi connectivity index (χ4n) is 4.31. The molecule has 3 fully saturated rings. The number of nitrogen functional groups attached to an aromatic ring is 1. The zero-order valence-corrected chi connectivity index (χ0v) is 9.76. The molecule has 4 nitrogen and oxygen atoms in total. The highest BCUT2D eigenvalue weighted by Gasteiger charge is 2.64. The van der Waals surface area contributed by atoms with Crippen LogP contribution in [0, 0.1) is 23.7 Å². The van der Waals surface area contributed by atoms with Crippen LogP contribution in [0.25, 0.3) is 0 Å². The molecular weight excluding hydrogens is 212 g/mol. The first-order valence-corrected chi connectivity index (χ1v) is 6.56. The second-order valence-electron chi connectivity index (χ2n) is 5.73. The van der Waals surface area contributed by atoms with Gasteiger partial charge in [0.05, 0.1) is 0 Å². The van der Waals surface area contributed by atoms with E-state index >= 15 is 0 Å². The monoisotopic (exact) mass is 230 g/mol. The van der Waals surface area contributed by atoms with Crippen LogP contribution < -0.4 is 16.6 Å². The van der Waals surface area contributed by atoms with Gasteiger partial charge in [0.1, 0.15) is 5.82 Å². The summed E-state index contributed by atoms with van der Waals surface area (Å²) in [6, 6.07) is 4.72. The van der Waals surface area contributed by atoms with Crippen LogP contribution in [-0.2, 0) is 0 Å². The van der Waals surface area contributed by atoms with E-state index in [4.69, 9.17) is 5.84 Å². The Labute approximate surface area is 101 Å². The van der Waals surface area contributed by atoms with E-state index in [0.29, 0.717) is 6.04 Å². The first-order chi connectivity index (χ1) is 8.36. The molecule has 0 spiro atoms. The number of hydrogen-bond acceptors (Lipinski definition) is 4. The molecule has 2 bridgehead atoms. The van der Waals surface area contributed by atoms with Crippen molar-refractivity contribution >= 4 is 11.5 Å². The number of nitrogens with zero attached hydrogens (tertiary/aromatic N) is 1. The van der Waals surface area contributed by atoms with Gasteiger partial charge in [0.25, 0.3) is 0 Å². The summed E-state index contributed by atoms with van der Waals surface area (Å²) in [7, 11) is 0. The minimum atomic E-state index is 0.717. The van der Waals surface area contributed by atoms with E-state index in [9.17, 15) is 0 Å². The number of rotatable bonds is 3. The van der Waals surface area contributed by atoms with Gasteiger partial charge >= 0.3 is 0 Å². The molecule has 17 heavy (non-hydrogen) atoms. The number of aromatic nitrogens is 1. The molecule has 3 saturated carbocycles. The summed E-state index contributed by atoms with van der Waals surface area (Å²) in [6.45, 7) is 0. The molecule has 3 aliphatic carbocycles. The summed E-state index contributed by atoms with van der Waals surface area (Å²) >= 11 is 0. The second kappa shape index (κ2) is 3.35. The van der Waals surface area contributed by atoms with Crippen LogP contribution in [-0.4, -0.2) is 11.0 Å². The topological polar surface area (TPSA) is 63.0 Å². The Morgan fingerprint density at radius 2 is 2.00 bits per heavy atom. The normalized spacial score (nSPS) is 41.1. The van der Waals surface area contributed by atoms with Crippen molar-refractivity contribution in [3.05, 3.63) is 18.3 Å². The molecule has 1 aromatic heterocycles. The first kappa shape index (κ1) is 9.71. The van der Waals surface area contributed by atoms with Crippen LogP contribution in [0.15, 0.2) is 18.3 Å². The number of fused-ring (bicyclic) bond motifs is 5. The summed E-state index contributed by atoms with van der Waals surface area (Å²) in [6.07, 6.45) is 6.23. The Kier molecular flexibility index (Phi) is 1.92. The molecule has 4 heteroatoms. The summed E-state index contributed by atoms with van der Waals surface area (Å²) < 4.78 is 0. The predicted octanol–water partition coefficient (Wildman–Crippen LogP) is 1.82. The first-order valence-electron chi connectivity index (χ1n) is 6.56. The standard InChI is InChI=1S/C13H18N4/c14-17-10-6-9(3-4-15-10)16-13-11-7-1-2-8(5-7)12(11)13/h3-4,6-8,11-13H,1-2,5,14H2,(H2,15,16,17). The van der Waals surface area contributed by atoms with Crippen LogP contribution in [0.2, 0.25) is 0 Å². The van der Waals surface area contributed by atoms with Crippen molar-refractivity contribution in [3.63, 3.8) is 0 Å². The highest BCUT2D eigenvalue weighted by atomic mass is 15.2. The molecule has 0 radical (unpaired) electrons.